The van der Waals surface area contributed by atoms with Crippen LogP contribution in [0, 0.1) is 11.6 Å². The van der Waals surface area contributed by atoms with Crippen molar-refractivity contribution in [1.29, 1.82) is 0 Å². The van der Waals surface area contributed by atoms with E-state index in [-0.39, 0.29) is 35.2 Å². The van der Waals surface area contributed by atoms with E-state index in [9.17, 15) is 18.4 Å². The summed E-state index contributed by atoms with van der Waals surface area (Å²) in [5, 5.41) is 0.0641. The molecule has 1 aromatic heterocycles. The van der Waals surface area contributed by atoms with Crippen LogP contribution in [0.4, 0.5) is 8.78 Å². The molecule has 166 valence electrons. The lowest BCUT2D eigenvalue weighted by Crippen LogP contribution is -2.50. The summed E-state index contributed by atoms with van der Waals surface area (Å²) in [7, 11) is 0. The Morgan fingerprint density at radius 1 is 1.03 bits per heavy atom. The predicted octanol–water partition coefficient (Wildman–Crippen LogP) is 4.19. The summed E-state index contributed by atoms with van der Waals surface area (Å²) in [6.45, 7) is 1.48. The fourth-order valence-corrected chi connectivity index (χ4v) is 3.82. The first kappa shape index (κ1) is 22.0. The maximum atomic E-state index is 13.9. The van der Waals surface area contributed by atoms with Crippen molar-refractivity contribution in [3.05, 3.63) is 76.8 Å². The van der Waals surface area contributed by atoms with Crippen LogP contribution in [0.15, 0.2) is 53.1 Å². The van der Waals surface area contributed by atoms with Crippen LogP contribution in [0.1, 0.15) is 22.7 Å². The van der Waals surface area contributed by atoms with Crippen molar-refractivity contribution in [3.8, 4) is 11.3 Å². The Bertz CT molecular complexity index is 1140. The SMILES string of the molecule is O=C(CCc1ncc(-c2ccccc2F)o1)N1CCN(C(=O)c2ccc(F)cc2Cl)CC1. The second-order valence-electron chi connectivity index (χ2n) is 7.40. The van der Waals surface area contributed by atoms with E-state index in [0.717, 1.165) is 6.07 Å². The molecular formula is C23H20ClF2N3O3. The van der Waals surface area contributed by atoms with E-state index < -0.39 is 11.6 Å². The first-order valence-corrected chi connectivity index (χ1v) is 10.5. The highest BCUT2D eigenvalue weighted by Gasteiger charge is 2.26. The quantitative estimate of drug-likeness (QED) is 0.574. The van der Waals surface area contributed by atoms with E-state index in [1.54, 1.807) is 28.0 Å². The maximum absolute atomic E-state index is 13.9. The number of amides is 2. The highest BCUT2D eigenvalue weighted by atomic mass is 35.5. The maximum Gasteiger partial charge on any atom is 0.255 e. The molecule has 3 aromatic rings. The Morgan fingerprint density at radius 3 is 2.47 bits per heavy atom. The number of carbonyl (C=O) groups excluding carboxylic acids is 2. The van der Waals surface area contributed by atoms with Gasteiger partial charge in [0.2, 0.25) is 5.91 Å². The molecule has 0 saturated carbocycles. The molecule has 0 bridgehead atoms. The van der Waals surface area contributed by atoms with Crippen molar-refractivity contribution in [1.82, 2.24) is 14.8 Å². The zero-order valence-corrected chi connectivity index (χ0v) is 17.8. The number of hydrogen-bond donors (Lipinski definition) is 0. The average molecular weight is 460 g/mol. The van der Waals surface area contributed by atoms with E-state index >= 15 is 0 Å². The smallest absolute Gasteiger partial charge is 0.255 e. The van der Waals surface area contributed by atoms with E-state index in [1.165, 1.54) is 24.4 Å². The molecule has 2 aromatic carbocycles. The highest BCUT2D eigenvalue weighted by Crippen LogP contribution is 2.24. The van der Waals surface area contributed by atoms with E-state index in [0.29, 0.717) is 43.4 Å². The van der Waals surface area contributed by atoms with E-state index in [2.05, 4.69) is 4.98 Å². The van der Waals surface area contributed by atoms with Crippen LogP contribution >= 0.6 is 11.6 Å². The molecule has 0 unspecified atom stereocenters. The molecule has 32 heavy (non-hydrogen) atoms. The third-order valence-corrected chi connectivity index (χ3v) is 5.64. The number of rotatable bonds is 5. The molecule has 0 radical (unpaired) electrons. The van der Waals surface area contributed by atoms with Gasteiger partial charge in [-0.2, -0.15) is 0 Å². The van der Waals surface area contributed by atoms with Crippen molar-refractivity contribution >= 4 is 23.4 Å². The average Bonchev–Trinajstić information content (AvgIpc) is 3.26. The van der Waals surface area contributed by atoms with Crippen LogP contribution in [0.2, 0.25) is 5.02 Å². The van der Waals surface area contributed by atoms with Gasteiger partial charge in [-0.1, -0.05) is 23.7 Å². The Balaban J connectivity index is 1.29. The third-order valence-electron chi connectivity index (χ3n) is 5.33. The summed E-state index contributed by atoms with van der Waals surface area (Å²) in [6.07, 6.45) is 1.93. The molecule has 1 aliphatic heterocycles. The normalized spacial score (nSPS) is 14.0. The largest absolute Gasteiger partial charge is 0.441 e. The lowest BCUT2D eigenvalue weighted by Gasteiger charge is -2.35. The number of hydrogen-bond acceptors (Lipinski definition) is 4. The lowest BCUT2D eigenvalue weighted by atomic mass is 10.1. The standard InChI is InChI=1S/C23H20ClF2N3O3/c24-18-13-15(25)5-6-16(18)23(31)29-11-9-28(10-12-29)22(30)8-7-21-27-14-20(32-21)17-3-1-2-4-19(17)26/h1-6,13-14H,7-12H2. The fraction of sp³-hybridized carbons (Fsp3) is 0.261. The first-order valence-electron chi connectivity index (χ1n) is 10.1. The van der Waals surface area contributed by atoms with Crippen LogP contribution in [0.25, 0.3) is 11.3 Å². The molecule has 6 nitrogen and oxygen atoms in total. The summed E-state index contributed by atoms with van der Waals surface area (Å²) < 4.78 is 32.7. The van der Waals surface area contributed by atoms with Crippen LogP contribution in [-0.4, -0.2) is 52.8 Å². The van der Waals surface area contributed by atoms with Crippen molar-refractivity contribution in [2.45, 2.75) is 12.8 Å². The number of carbonyl (C=O) groups is 2. The molecule has 1 fully saturated rings. The van der Waals surface area contributed by atoms with Crippen LogP contribution < -0.4 is 0 Å². The molecule has 2 amide bonds. The van der Waals surface area contributed by atoms with Crippen LogP contribution in [0.5, 0.6) is 0 Å². The van der Waals surface area contributed by atoms with E-state index in [1.807, 2.05) is 0 Å². The zero-order chi connectivity index (χ0) is 22.7. The van der Waals surface area contributed by atoms with Gasteiger partial charge in [-0.3, -0.25) is 9.59 Å². The Labute approximate surface area is 188 Å². The molecule has 4 rings (SSSR count). The predicted molar refractivity (Wildman–Crippen MR) is 114 cm³/mol. The minimum absolute atomic E-state index is 0.0641. The summed E-state index contributed by atoms with van der Waals surface area (Å²) >= 11 is 5.98. The van der Waals surface area contributed by atoms with Gasteiger partial charge in [-0.15, -0.1) is 0 Å². The Morgan fingerprint density at radius 2 is 1.75 bits per heavy atom. The Kier molecular flexibility index (Phi) is 6.50. The number of aromatic nitrogens is 1. The second kappa shape index (κ2) is 9.48. The number of halogens is 3. The number of benzene rings is 2. The molecule has 0 N–H and O–H groups in total. The Hall–Kier alpha value is -3.26. The lowest BCUT2D eigenvalue weighted by molar-refractivity contribution is -0.132. The summed E-state index contributed by atoms with van der Waals surface area (Å²) in [5.41, 5.74) is 0.557. The minimum Gasteiger partial charge on any atom is -0.441 e. The van der Waals surface area contributed by atoms with Gasteiger partial charge in [0.1, 0.15) is 11.6 Å². The van der Waals surface area contributed by atoms with Gasteiger partial charge in [-0.25, -0.2) is 13.8 Å². The molecule has 2 heterocycles. The fourth-order valence-electron chi connectivity index (χ4n) is 3.58. The molecule has 0 spiro atoms. The minimum atomic E-state index is -0.506. The van der Waals surface area contributed by atoms with Crippen molar-refractivity contribution in [3.63, 3.8) is 0 Å². The van der Waals surface area contributed by atoms with Gasteiger partial charge in [0.15, 0.2) is 11.7 Å². The second-order valence-corrected chi connectivity index (χ2v) is 7.80. The summed E-state index contributed by atoms with van der Waals surface area (Å²) in [6, 6.07) is 9.91. The van der Waals surface area contributed by atoms with Gasteiger partial charge in [0, 0.05) is 39.0 Å². The molecule has 0 aliphatic carbocycles. The molecule has 1 saturated heterocycles. The van der Waals surface area contributed by atoms with Crippen LogP contribution in [0.3, 0.4) is 0 Å². The molecule has 0 atom stereocenters. The first-order chi connectivity index (χ1) is 15.4. The van der Waals surface area contributed by atoms with Gasteiger partial charge in [0.05, 0.1) is 22.3 Å². The molecule has 1 aliphatic rings. The monoisotopic (exact) mass is 459 g/mol. The van der Waals surface area contributed by atoms with Crippen molar-refractivity contribution < 1.29 is 22.8 Å². The summed E-state index contributed by atoms with van der Waals surface area (Å²) in [5.74, 6) is -0.603. The topological polar surface area (TPSA) is 66.7 Å². The number of nitrogens with zero attached hydrogens (tertiary/aromatic N) is 3. The molecular weight excluding hydrogens is 440 g/mol. The van der Waals surface area contributed by atoms with Crippen molar-refractivity contribution in [2.75, 3.05) is 26.2 Å². The van der Waals surface area contributed by atoms with Crippen molar-refractivity contribution in [2.24, 2.45) is 0 Å². The van der Waals surface area contributed by atoms with Crippen LogP contribution in [-0.2, 0) is 11.2 Å². The van der Waals surface area contributed by atoms with Gasteiger partial charge in [0.25, 0.3) is 5.91 Å². The number of piperazine rings is 1. The van der Waals surface area contributed by atoms with E-state index in [4.69, 9.17) is 16.0 Å². The molecule has 9 heteroatoms. The summed E-state index contributed by atoms with van der Waals surface area (Å²) in [4.78, 5) is 32.6. The highest BCUT2D eigenvalue weighted by molar-refractivity contribution is 6.33. The van der Waals surface area contributed by atoms with Gasteiger partial charge >= 0.3 is 0 Å². The number of aryl methyl sites for hydroxylation is 1. The van der Waals surface area contributed by atoms with Gasteiger partial charge < -0.3 is 14.2 Å². The zero-order valence-electron chi connectivity index (χ0n) is 17.1. The number of oxazole rings is 1. The van der Waals surface area contributed by atoms with Gasteiger partial charge in [-0.05, 0) is 30.3 Å². The third kappa shape index (κ3) is 4.80.